The summed E-state index contributed by atoms with van der Waals surface area (Å²) >= 11 is 12.4. The lowest BCUT2D eigenvalue weighted by Crippen LogP contribution is -2.55. The smallest absolute Gasteiger partial charge is 0.264 e. The fraction of sp³-hybridized carbons (Fsp3) is 0.333. The predicted octanol–water partition coefficient (Wildman–Crippen LogP) is 6.22. The van der Waals surface area contributed by atoms with Crippen molar-refractivity contribution >= 4 is 50.7 Å². The summed E-state index contributed by atoms with van der Waals surface area (Å²) in [4.78, 5) is 28.9. The van der Waals surface area contributed by atoms with Crippen molar-refractivity contribution in [1.82, 2.24) is 10.2 Å². The monoisotopic (exact) mass is 603 g/mol. The lowest BCUT2D eigenvalue weighted by Gasteiger charge is -2.35. The summed E-state index contributed by atoms with van der Waals surface area (Å²) in [5, 5.41) is 3.78. The second-order valence-corrected chi connectivity index (χ2v) is 13.3. The van der Waals surface area contributed by atoms with E-state index in [1.54, 1.807) is 42.5 Å². The minimum absolute atomic E-state index is 0.0126. The summed E-state index contributed by atoms with van der Waals surface area (Å²) in [6.45, 7) is 8.71. The van der Waals surface area contributed by atoms with Crippen molar-refractivity contribution in [2.75, 3.05) is 10.8 Å². The number of nitrogens with zero attached hydrogens (tertiary/aromatic N) is 2. The summed E-state index contributed by atoms with van der Waals surface area (Å²) in [5.41, 5.74) is 1.26. The van der Waals surface area contributed by atoms with E-state index in [4.69, 9.17) is 23.2 Å². The number of hydrogen-bond acceptors (Lipinski definition) is 4. The Morgan fingerprint density at radius 1 is 0.950 bits per heavy atom. The van der Waals surface area contributed by atoms with Gasteiger partial charge in [-0.3, -0.25) is 13.9 Å². The molecule has 0 aliphatic rings. The van der Waals surface area contributed by atoms with Crippen LogP contribution < -0.4 is 9.62 Å². The highest BCUT2D eigenvalue weighted by atomic mass is 35.5. The first kappa shape index (κ1) is 31.5. The minimum Gasteiger partial charge on any atom is -0.350 e. The molecule has 0 aliphatic carbocycles. The zero-order chi connectivity index (χ0) is 29.7. The minimum atomic E-state index is -4.18. The topological polar surface area (TPSA) is 86.8 Å². The van der Waals surface area contributed by atoms with Crippen molar-refractivity contribution in [2.24, 2.45) is 0 Å². The third kappa shape index (κ3) is 7.99. The number of aryl methyl sites for hydroxylation is 1. The fourth-order valence-electron chi connectivity index (χ4n) is 4.23. The van der Waals surface area contributed by atoms with E-state index in [0.29, 0.717) is 27.7 Å². The molecule has 0 saturated heterocycles. The van der Waals surface area contributed by atoms with Gasteiger partial charge in [-0.1, -0.05) is 60.5 Å². The molecule has 1 unspecified atom stereocenters. The van der Waals surface area contributed by atoms with Crippen LogP contribution in [0.2, 0.25) is 10.0 Å². The number of anilines is 1. The van der Waals surface area contributed by atoms with Gasteiger partial charge in [0.1, 0.15) is 12.6 Å². The van der Waals surface area contributed by atoms with Crippen molar-refractivity contribution in [2.45, 2.75) is 64.1 Å². The van der Waals surface area contributed by atoms with Gasteiger partial charge in [0, 0.05) is 22.1 Å². The molecule has 1 atom stereocenters. The van der Waals surface area contributed by atoms with Crippen molar-refractivity contribution in [3.8, 4) is 0 Å². The molecule has 3 rings (SSSR count). The molecule has 2 amide bonds. The predicted molar refractivity (Wildman–Crippen MR) is 161 cm³/mol. The third-order valence-corrected chi connectivity index (χ3v) is 8.56. The standard InChI is InChI=1S/C30H35Cl2N3O4S/c1-6-27(29(37)33-30(3,4)5)34(19-22-11-7-8-13-26(22)32)28(36)20-35(24-12-9-10-21(2)18-24)40(38,39)25-16-14-23(31)15-17-25/h7-18,27H,6,19-20H2,1-5H3,(H,33,37). The number of amides is 2. The molecule has 3 aromatic carbocycles. The number of carbonyl (C=O) groups is 2. The van der Waals surface area contributed by atoms with Crippen LogP contribution in [0.15, 0.2) is 77.7 Å². The number of nitrogens with one attached hydrogen (secondary N) is 1. The van der Waals surface area contributed by atoms with Crippen LogP contribution in [0, 0.1) is 6.92 Å². The van der Waals surface area contributed by atoms with Gasteiger partial charge in [0.2, 0.25) is 11.8 Å². The van der Waals surface area contributed by atoms with Gasteiger partial charge in [-0.25, -0.2) is 8.42 Å². The highest BCUT2D eigenvalue weighted by Crippen LogP contribution is 2.27. The number of hydrogen-bond donors (Lipinski definition) is 1. The summed E-state index contributed by atoms with van der Waals surface area (Å²) < 4.78 is 28.9. The van der Waals surface area contributed by atoms with Gasteiger partial charge in [-0.15, -0.1) is 0 Å². The summed E-state index contributed by atoms with van der Waals surface area (Å²) in [7, 11) is -4.18. The molecule has 0 radical (unpaired) electrons. The number of carbonyl (C=O) groups excluding carboxylic acids is 2. The molecule has 0 saturated carbocycles. The normalized spacial score (nSPS) is 12.5. The van der Waals surface area contributed by atoms with Crippen molar-refractivity contribution < 1.29 is 18.0 Å². The molecular formula is C30H35Cl2N3O4S. The Bertz CT molecular complexity index is 1450. The van der Waals surface area contributed by atoms with E-state index >= 15 is 0 Å². The van der Waals surface area contributed by atoms with E-state index in [0.717, 1.165) is 9.87 Å². The molecular weight excluding hydrogens is 569 g/mol. The van der Waals surface area contributed by atoms with Crippen LogP contribution in [0.1, 0.15) is 45.2 Å². The van der Waals surface area contributed by atoms with Crippen LogP contribution in [-0.4, -0.2) is 43.3 Å². The first-order valence-electron chi connectivity index (χ1n) is 12.9. The van der Waals surface area contributed by atoms with Crippen LogP contribution in [0.3, 0.4) is 0 Å². The fourth-order valence-corrected chi connectivity index (χ4v) is 5.96. The maximum atomic E-state index is 14.1. The molecule has 0 bridgehead atoms. The Kier molecular flexibility index (Phi) is 10.3. The van der Waals surface area contributed by atoms with Crippen LogP contribution in [-0.2, 0) is 26.2 Å². The zero-order valence-corrected chi connectivity index (χ0v) is 25.6. The molecule has 7 nitrogen and oxygen atoms in total. The first-order chi connectivity index (χ1) is 18.7. The van der Waals surface area contributed by atoms with Crippen LogP contribution >= 0.6 is 23.2 Å². The van der Waals surface area contributed by atoms with Gasteiger partial charge in [-0.2, -0.15) is 0 Å². The average Bonchev–Trinajstić information content (AvgIpc) is 2.87. The zero-order valence-electron chi connectivity index (χ0n) is 23.3. The van der Waals surface area contributed by atoms with E-state index in [1.165, 1.54) is 29.2 Å². The quantitative estimate of drug-likeness (QED) is 0.298. The molecule has 0 fully saturated rings. The summed E-state index contributed by atoms with van der Waals surface area (Å²) in [5.74, 6) is -0.882. The number of sulfonamides is 1. The summed E-state index contributed by atoms with van der Waals surface area (Å²) in [6.07, 6.45) is 0.312. The van der Waals surface area contributed by atoms with Gasteiger partial charge < -0.3 is 10.2 Å². The lowest BCUT2D eigenvalue weighted by atomic mass is 10.1. The maximum absolute atomic E-state index is 14.1. The van der Waals surface area contributed by atoms with Gasteiger partial charge in [0.15, 0.2) is 0 Å². The van der Waals surface area contributed by atoms with E-state index in [2.05, 4.69) is 5.32 Å². The molecule has 3 aromatic rings. The largest absolute Gasteiger partial charge is 0.350 e. The molecule has 0 spiro atoms. The van der Waals surface area contributed by atoms with E-state index < -0.39 is 34.1 Å². The van der Waals surface area contributed by atoms with Crippen molar-refractivity contribution in [3.63, 3.8) is 0 Å². The van der Waals surface area contributed by atoms with E-state index in [1.807, 2.05) is 40.7 Å². The Balaban J connectivity index is 2.09. The molecule has 0 aromatic heterocycles. The lowest BCUT2D eigenvalue weighted by molar-refractivity contribution is -0.141. The maximum Gasteiger partial charge on any atom is 0.264 e. The average molecular weight is 605 g/mol. The third-order valence-electron chi connectivity index (χ3n) is 6.15. The molecule has 1 N–H and O–H groups in total. The Labute approximate surface area is 247 Å². The second-order valence-electron chi connectivity index (χ2n) is 10.6. The van der Waals surface area contributed by atoms with E-state index in [-0.39, 0.29) is 17.3 Å². The first-order valence-corrected chi connectivity index (χ1v) is 15.1. The van der Waals surface area contributed by atoms with Crippen LogP contribution in [0.25, 0.3) is 0 Å². The number of halogens is 2. The molecule has 214 valence electrons. The van der Waals surface area contributed by atoms with Gasteiger partial charge in [0.25, 0.3) is 10.0 Å². The summed E-state index contributed by atoms with van der Waals surface area (Å²) in [6, 6.07) is 18.9. The molecule has 10 heteroatoms. The van der Waals surface area contributed by atoms with Gasteiger partial charge in [-0.05, 0) is 87.7 Å². The highest BCUT2D eigenvalue weighted by molar-refractivity contribution is 7.92. The van der Waals surface area contributed by atoms with Crippen molar-refractivity contribution in [3.05, 3.63) is 94.0 Å². The number of benzene rings is 3. The molecule has 0 heterocycles. The molecule has 0 aliphatic heterocycles. The Hall–Kier alpha value is -3.07. The van der Waals surface area contributed by atoms with Crippen molar-refractivity contribution in [1.29, 1.82) is 0 Å². The number of rotatable bonds is 10. The van der Waals surface area contributed by atoms with Gasteiger partial charge >= 0.3 is 0 Å². The van der Waals surface area contributed by atoms with Gasteiger partial charge in [0.05, 0.1) is 10.6 Å². The highest BCUT2D eigenvalue weighted by Gasteiger charge is 2.34. The second kappa shape index (κ2) is 13.1. The van der Waals surface area contributed by atoms with Crippen LogP contribution in [0.4, 0.5) is 5.69 Å². The molecule has 40 heavy (non-hydrogen) atoms. The van der Waals surface area contributed by atoms with E-state index in [9.17, 15) is 18.0 Å². The Morgan fingerprint density at radius 3 is 2.17 bits per heavy atom. The SMILES string of the molecule is CCC(C(=O)NC(C)(C)C)N(Cc1ccccc1Cl)C(=O)CN(c1cccc(C)c1)S(=O)(=O)c1ccc(Cl)cc1. The Morgan fingerprint density at radius 2 is 1.60 bits per heavy atom. The van der Waals surface area contributed by atoms with Crippen LogP contribution in [0.5, 0.6) is 0 Å².